The van der Waals surface area contributed by atoms with E-state index in [1.165, 1.54) is 31.2 Å². The molecule has 0 atom stereocenters. The number of carbonyl (C=O) groups is 2. The molecule has 0 bridgehead atoms. The highest BCUT2D eigenvalue weighted by atomic mass is 16.6. The van der Waals surface area contributed by atoms with Gasteiger partial charge in [0.05, 0.1) is 13.5 Å². The van der Waals surface area contributed by atoms with Gasteiger partial charge in [-0.15, -0.1) is 0 Å². The minimum atomic E-state index is -0.620. The molecular formula is C10H13N3O5. The normalized spacial score (nSPS) is 9.89. The number of nitrogens with zero attached hydrogens (tertiary/aromatic N) is 2. The van der Waals surface area contributed by atoms with Crippen LogP contribution >= 0.6 is 0 Å². The van der Waals surface area contributed by atoms with E-state index in [2.05, 4.69) is 9.72 Å². The van der Waals surface area contributed by atoms with E-state index < -0.39 is 16.8 Å². The molecule has 8 heteroatoms. The van der Waals surface area contributed by atoms with Crippen molar-refractivity contribution < 1.29 is 19.2 Å². The lowest BCUT2D eigenvalue weighted by atomic mass is 10.3. The molecule has 1 amide bonds. The molecule has 0 radical (unpaired) electrons. The molecule has 1 heterocycles. The summed E-state index contributed by atoms with van der Waals surface area (Å²) in [5.41, 5.74) is 0.106. The van der Waals surface area contributed by atoms with Crippen LogP contribution in [0.1, 0.15) is 16.9 Å². The zero-order valence-corrected chi connectivity index (χ0v) is 10.0. The van der Waals surface area contributed by atoms with Crippen LogP contribution in [0.2, 0.25) is 0 Å². The molecule has 18 heavy (non-hydrogen) atoms. The zero-order chi connectivity index (χ0) is 13.7. The first kappa shape index (κ1) is 13.7. The molecule has 0 fully saturated rings. The van der Waals surface area contributed by atoms with Crippen molar-refractivity contribution in [2.24, 2.45) is 0 Å². The first-order valence-electron chi connectivity index (χ1n) is 5.11. The highest BCUT2D eigenvalue weighted by Crippen LogP contribution is 2.11. The molecule has 0 saturated heterocycles. The van der Waals surface area contributed by atoms with Crippen molar-refractivity contribution in [3.63, 3.8) is 0 Å². The summed E-state index contributed by atoms with van der Waals surface area (Å²) in [6.07, 6.45) is 0.0710. The van der Waals surface area contributed by atoms with E-state index in [1.54, 1.807) is 0 Å². The van der Waals surface area contributed by atoms with E-state index in [1.807, 2.05) is 0 Å². The zero-order valence-electron chi connectivity index (χ0n) is 10.0. The largest absolute Gasteiger partial charge is 0.469 e. The van der Waals surface area contributed by atoms with E-state index in [-0.39, 0.29) is 24.5 Å². The van der Waals surface area contributed by atoms with Crippen LogP contribution in [0.15, 0.2) is 12.1 Å². The Kier molecular flexibility index (Phi) is 4.41. The molecule has 1 aromatic rings. The number of methoxy groups -OCH3 is 1. The number of aromatic amines is 1. The number of ether oxygens (including phenoxy) is 1. The summed E-state index contributed by atoms with van der Waals surface area (Å²) in [5.74, 6) is -1.10. The molecule has 98 valence electrons. The Hall–Kier alpha value is -2.38. The molecule has 0 unspecified atom stereocenters. The lowest BCUT2D eigenvalue weighted by molar-refractivity contribution is -0.389. The summed E-state index contributed by atoms with van der Waals surface area (Å²) in [7, 11) is 2.76. The third-order valence-corrected chi connectivity index (χ3v) is 2.32. The van der Waals surface area contributed by atoms with Gasteiger partial charge in [-0.3, -0.25) is 9.59 Å². The van der Waals surface area contributed by atoms with Gasteiger partial charge in [0.15, 0.2) is 5.69 Å². The van der Waals surface area contributed by atoms with Gasteiger partial charge < -0.3 is 19.8 Å². The number of H-pyrrole nitrogens is 1. The smallest absolute Gasteiger partial charge is 0.321 e. The molecule has 1 aromatic heterocycles. The van der Waals surface area contributed by atoms with Crippen LogP contribution in [0.5, 0.6) is 0 Å². The topological polar surface area (TPSA) is 106 Å². The van der Waals surface area contributed by atoms with Crippen LogP contribution in [0.3, 0.4) is 0 Å². The lowest BCUT2D eigenvalue weighted by Gasteiger charge is -2.13. The third-order valence-electron chi connectivity index (χ3n) is 2.32. The average molecular weight is 255 g/mol. The Morgan fingerprint density at radius 2 is 2.17 bits per heavy atom. The van der Waals surface area contributed by atoms with Gasteiger partial charge in [-0.1, -0.05) is 0 Å². The van der Waals surface area contributed by atoms with Crippen molar-refractivity contribution in [3.05, 3.63) is 27.9 Å². The van der Waals surface area contributed by atoms with E-state index in [9.17, 15) is 19.7 Å². The Bertz CT molecular complexity index is 468. The highest BCUT2D eigenvalue weighted by molar-refractivity contribution is 5.92. The molecule has 0 saturated carbocycles. The number of nitro groups is 1. The van der Waals surface area contributed by atoms with Gasteiger partial charge in [0.25, 0.3) is 5.91 Å². The second-order valence-electron chi connectivity index (χ2n) is 3.57. The minimum absolute atomic E-state index is 0.0710. The van der Waals surface area contributed by atoms with Crippen molar-refractivity contribution in [1.82, 2.24) is 9.88 Å². The second-order valence-corrected chi connectivity index (χ2v) is 3.57. The number of aromatic nitrogens is 1. The maximum Gasteiger partial charge on any atom is 0.321 e. The molecule has 8 nitrogen and oxygen atoms in total. The number of nitrogens with one attached hydrogen (secondary N) is 1. The summed E-state index contributed by atoms with van der Waals surface area (Å²) < 4.78 is 4.45. The van der Waals surface area contributed by atoms with Crippen molar-refractivity contribution in [1.29, 1.82) is 0 Å². The standard InChI is InChI=1S/C10H13N3O5/c1-12(6-5-9(14)18-2)10(15)7-3-4-8(11-7)13(16)17/h3-4,11H,5-6H2,1-2H3. The van der Waals surface area contributed by atoms with Gasteiger partial charge in [-0.25, -0.2) is 4.98 Å². The van der Waals surface area contributed by atoms with Gasteiger partial charge >= 0.3 is 11.8 Å². The van der Waals surface area contributed by atoms with Crippen LogP contribution in [-0.4, -0.2) is 47.4 Å². The van der Waals surface area contributed by atoms with E-state index in [0.717, 1.165) is 0 Å². The maximum absolute atomic E-state index is 11.8. The van der Waals surface area contributed by atoms with Crippen LogP contribution in [0, 0.1) is 10.1 Å². The number of esters is 1. The lowest BCUT2D eigenvalue weighted by Crippen LogP contribution is -2.29. The van der Waals surface area contributed by atoms with E-state index in [0.29, 0.717) is 0 Å². The molecule has 0 aliphatic rings. The second kappa shape index (κ2) is 5.80. The monoisotopic (exact) mass is 255 g/mol. The van der Waals surface area contributed by atoms with Crippen LogP contribution in [-0.2, 0) is 9.53 Å². The molecular weight excluding hydrogens is 242 g/mol. The molecule has 0 spiro atoms. The van der Waals surface area contributed by atoms with Crippen LogP contribution < -0.4 is 0 Å². The van der Waals surface area contributed by atoms with Crippen LogP contribution in [0.4, 0.5) is 5.82 Å². The minimum Gasteiger partial charge on any atom is -0.469 e. The molecule has 1 N–H and O–H groups in total. The summed E-state index contributed by atoms with van der Waals surface area (Å²) in [4.78, 5) is 36.2. The molecule has 1 rings (SSSR count). The number of amides is 1. The first-order valence-corrected chi connectivity index (χ1v) is 5.11. The average Bonchev–Trinajstić information content (AvgIpc) is 2.84. The predicted octanol–water partition coefficient (Wildman–Crippen LogP) is 0.558. The Morgan fingerprint density at radius 1 is 1.50 bits per heavy atom. The number of hydrogen-bond acceptors (Lipinski definition) is 5. The van der Waals surface area contributed by atoms with Crippen molar-refractivity contribution in [2.45, 2.75) is 6.42 Å². The van der Waals surface area contributed by atoms with E-state index in [4.69, 9.17) is 0 Å². The molecule has 0 aromatic carbocycles. The summed E-state index contributed by atoms with van der Waals surface area (Å²) >= 11 is 0. The van der Waals surface area contributed by atoms with Crippen molar-refractivity contribution in [2.75, 3.05) is 20.7 Å². The SMILES string of the molecule is COC(=O)CCN(C)C(=O)c1ccc([N+](=O)[O-])[nH]1. The van der Waals surface area contributed by atoms with Gasteiger partial charge in [-0.05, 0) is 11.0 Å². The predicted molar refractivity (Wildman–Crippen MR) is 61.0 cm³/mol. The quantitative estimate of drug-likeness (QED) is 0.470. The number of rotatable bonds is 5. The number of carbonyl (C=O) groups excluding carboxylic acids is 2. The van der Waals surface area contributed by atoms with Gasteiger partial charge in [0, 0.05) is 19.7 Å². The molecule has 0 aliphatic carbocycles. The fourth-order valence-corrected chi connectivity index (χ4v) is 1.28. The van der Waals surface area contributed by atoms with Gasteiger partial charge in [0.1, 0.15) is 0 Å². The first-order chi connectivity index (χ1) is 8.45. The van der Waals surface area contributed by atoms with Gasteiger partial charge in [0.2, 0.25) is 0 Å². The Labute approximate surface area is 103 Å². The number of hydrogen-bond donors (Lipinski definition) is 1. The summed E-state index contributed by atoms with van der Waals surface area (Å²) in [6.45, 7) is 0.179. The molecule has 0 aliphatic heterocycles. The fourth-order valence-electron chi connectivity index (χ4n) is 1.28. The Balaban J connectivity index is 2.62. The van der Waals surface area contributed by atoms with Crippen molar-refractivity contribution in [3.8, 4) is 0 Å². The maximum atomic E-state index is 11.8. The van der Waals surface area contributed by atoms with Crippen LogP contribution in [0.25, 0.3) is 0 Å². The van der Waals surface area contributed by atoms with Crippen molar-refractivity contribution >= 4 is 17.7 Å². The van der Waals surface area contributed by atoms with E-state index >= 15 is 0 Å². The third kappa shape index (κ3) is 3.30. The summed E-state index contributed by atoms with van der Waals surface area (Å²) in [6, 6.07) is 2.54. The summed E-state index contributed by atoms with van der Waals surface area (Å²) in [5, 5.41) is 10.4. The Morgan fingerprint density at radius 3 is 2.67 bits per heavy atom. The fraction of sp³-hybridized carbons (Fsp3) is 0.400. The van der Waals surface area contributed by atoms with Gasteiger partial charge in [-0.2, -0.15) is 0 Å². The highest BCUT2D eigenvalue weighted by Gasteiger charge is 2.19.